The molecule has 100 valence electrons. The molecule has 1 aliphatic heterocycles. The van der Waals surface area contributed by atoms with Gasteiger partial charge in [-0.1, -0.05) is 0 Å². The summed E-state index contributed by atoms with van der Waals surface area (Å²) in [5.74, 6) is 0.0877. The molecule has 2 rings (SSSR count). The third-order valence-corrected chi connectivity index (χ3v) is 5.13. The van der Waals surface area contributed by atoms with Crippen molar-refractivity contribution in [3.63, 3.8) is 0 Å². The van der Waals surface area contributed by atoms with Gasteiger partial charge in [0.2, 0.25) is 5.91 Å². The molecule has 2 heterocycles. The maximum Gasteiger partial charge on any atom is 0.238 e. The molecule has 6 heteroatoms. The SMILES string of the molecule is CNC(=O)C1CNCCN1C(C)c1ccc(Br)s1. The Hall–Kier alpha value is -0.430. The number of hydrogen-bond acceptors (Lipinski definition) is 4. The fourth-order valence-corrected chi connectivity index (χ4v) is 3.81. The Bertz CT molecular complexity index is 423. The third-order valence-electron chi connectivity index (χ3n) is 3.34. The second kappa shape index (κ2) is 6.14. The lowest BCUT2D eigenvalue weighted by Gasteiger charge is -2.38. The molecule has 2 unspecified atom stereocenters. The third kappa shape index (κ3) is 2.93. The van der Waals surface area contributed by atoms with Crippen LogP contribution in [-0.2, 0) is 4.79 Å². The van der Waals surface area contributed by atoms with Gasteiger partial charge in [-0.05, 0) is 35.0 Å². The summed E-state index contributed by atoms with van der Waals surface area (Å²) >= 11 is 5.22. The van der Waals surface area contributed by atoms with Gasteiger partial charge in [-0.2, -0.15) is 0 Å². The van der Waals surface area contributed by atoms with Crippen LogP contribution in [0.15, 0.2) is 15.9 Å². The number of halogens is 1. The zero-order chi connectivity index (χ0) is 13.1. The molecule has 1 amide bonds. The molecular formula is C12H18BrN3OS. The molecule has 0 aromatic carbocycles. The van der Waals surface area contributed by atoms with Gasteiger partial charge in [-0.15, -0.1) is 11.3 Å². The van der Waals surface area contributed by atoms with Gasteiger partial charge in [0.15, 0.2) is 0 Å². The molecular weight excluding hydrogens is 314 g/mol. The molecule has 2 atom stereocenters. The van der Waals surface area contributed by atoms with Crippen molar-refractivity contribution in [2.24, 2.45) is 0 Å². The minimum absolute atomic E-state index is 0.0837. The van der Waals surface area contributed by atoms with Crippen molar-refractivity contribution in [3.8, 4) is 0 Å². The van der Waals surface area contributed by atoms with Crippen molar-refractivity contribution >= 4 is 33.2 Å². The molecule has 1 aliphatic rings. The van der Waals surface area contributed by atoms with Crippen LogP contribution in [0.2, 0.25) is 0 Å². The molecule has 4 nitrogen and oxygen atoms in total. The molecule has 0 aliphatic carbocycles. The molecule has 1 aromatic heterocycles. The van der Waals surface area contributed by atoms with E-state index in [9.17, 15) is 4.79 Å². The van der Waals surface area contributed by atoms with Crippen molar-refractivity contribution in [1.82, 2.24) is 15.5 Å². The normalized spacial score (nSPS) is 22.7. The van der Waals surface area contributed by atoms with E-state index in [0.29, 0.717) is 0 Å². The number of amides is 1. The standard InChI is InChI=1S/C12H18BrN3OS/c1-8(10-3-4-11(13)18-10)16-6-5-15-7-9(16)12(17)14-2/h3-4,8-9,15H,5-7H2,1-2H3,(H,14,17). The van der Waals surface area contributed by atoms with Gasteiger partial charge in [-0.3, -0.25) is 9.69 Å². The maximum atomic E-state index is 11.9. The zero-order valence-electron chi connectivity index (χ0n) is 10.6. The lowest BCUT2D eigenvalue weighted by Crippen LogP contribution is -2.57. The van der Waals surface area contributed by atoms with Crippen LogP contribution >= 0.6 is 27.3 Å². The van der Waals surface area contributed by atoms with E-state index >= 15 is 0 Å². The van der Waals surface area contributed by atoms with Crippen molar-refractivity contribution in [1.29, 1.82) is 0 Å². The summed E-state index contributed by atoms with van der Waals surface area (Å²) in [7, 11) is 1.70. The molecule has 0 radical (unpaired) electrons. The highest BCUT2D eigenvalue weighted by Crippen LogP contribution is 2.31. The Morgan fingerprint density at radius 2 is 2.44 bits per heavy atom. The summed E-state index contributed by atoms with van der Waals surface area (Å²) in [6, 6.07) is 4.38. The van der Waals surface area contributed by atoms with Gasteiger partial charge < -0.3 is 10.6 Å². The number of hydrogen-bond donors (Lipinski definition) is 2. The summed E-state index contributed by atoms with van der Waals surface area (Å²) in [5.41, 5.74) is 0. The second-order valence-corrected chi connectivity index (χ2v) is 6.88. The summed E-state index contributed by atoms with van der Waals surface area (Å²) < 4.78 is 1.14. The van der Waals surface area contributed by atoms with E-state index < -0.39 is 0 Å². The van der Waals surface area contributed by atoms with E-state index in [4.69, 9.17) is 0 Å². The Labute approximate surface area is 120 Å². The van der Waals surface area contributed by atoms with E-state index in [1.165, 1.54) is 4.88 Å². The highest BCUT2D eigenvalue weighted by Gasteiger charge is 2.32. The average Bonchev–Trinajstić information content (AvgIpc) is 2.83. The lowest BCUT2D eigenvalue weighted by molar-refractivity contribution is -0.127. The van der Waals surface area contributed by atoms with Gasteiger partial charge in [0.1, 0.15) is 6.04 Å². The highest BCUT2D eigenvalue weighted by atomic mass is 79.9. The minimum Gasteiger partial charge on any atom is -0.358 e. The number of likely N-dealkylation sites (N-methyl/N-ethyl adjacent to an activating group) is 1. The van der Waals surface area contributed by atoms with Gasteiger partial charge in [0.05, 0.1) is 3.79 Å². The van der Waals surface area contributed by atoms with E-state index in [0.717, 1.165) is 23.4 Å². The first kappa shape index (κ1) is 14.0. The van der Waals surface area contributed by atoms with Gasteiger partial charge in [-0.25, -0.2) is 0 Å². The quantitative estimate of drug-likeness (QED) is 0.884. The van der Waals surface area contributed by atoms with E-state index in [-0.39, 0.29) is 18.0 Å². The van der Waals surface area contributed by atoms with Crippen LogP contribution in [0.5, 0.6) is 0 Å². The first-order chi connectivity index (χ1) is 8.63. The van der Waals surface area contributed by atoms with Crippen LogP contribution < -0.4 is 10.6 Å². The molecule has 0 saturated carbocycles. The fourth-order valence-electron chi connectivity index (χ4n) is 2.31. The van der Waals surface area contributed by atoms with Crippen LogP contribution in [0.4, 0.5) is 0 Å². The largest absolute Gasteiger partial charge is 0.358 e. The van der Waals surface area contributed by atoms with E-state index in [2.05, 4.69) is 50.5 Å². The number of carbonyl (C=O) groups is 1. The number of piperazine rings is 1. The van der Waals surface area contributed by atoms with Crippen LogP contribution in [0.1, 0.15) is 17.8 Å². The smallest absolute Gasteiger partial charge is 0.238 e. The number of nitrogens with zero attached hydrogens (tertiary/aromatic N) is 1. The lowest BCUT2D eigenvalue weighted by atomic mass is 10.1. The van der Waals surface area contributed by atoms with Crippen LogP contribution in [0, 0.1) is 0 Å². The molecule has 0 spiro atoms. The molecule has 1 aromatic rings. The van der Waals surface area contributed by atoms with Gasteiger partial charge in [0.25, 0.3) is 0 Å². The molecule has 0 bridgehead atoms. The molecule has 1 saturated heterocycles. The predicted molar refractivity (Wildman–Crippen MR) is 77.9 cm³/mol. The second-order valence-electron chi connectivity index (χ2n) is 4.39. The topological polar surface area (TPSA) is 44.4 Å². The maximum absolute atomic E-state index is 11.9. The summed E-state index contributed by atoms with van der Waals surface area (Å²) in [4.78, 5) is 15.5. The molecule has 18 heavy (non-hydrogen) atoms. The molecule has 1 fully saturated rings. The number of nitrogens with one attached hydrogen (secondary N) is 2. The van der Waals surface area contributed by atoms with Crippen LogP contribution in [0.25, 0.3) is 0 Å². The van der Waals surface area contributed by atoms with Crippen molar-refractivity contribution in [3.05, 3.63) is 20.8 Å². The Morgan fingerprint density at radius 1 is 1.67 bits per heavy atom. The fraction of sp³-hybridized carbons (Fsp3) is 0.583. The van der Waals surface area contributed by atoms with E-state index in [1.807, 2.05) is 0 Å². The van der Waals surface area contributed by atoms with Gasteiger partial charge >= 0.3 is 0 Å². The number of rotatable bonds is 3. The highest BCUT2D eigenvalue weighted by molar-refractivity contribution is 9.11. The number of carbonyl (C=O) groups excluding carboxylic acids is 1. The first-order valence-corrected chi connectivity index (χ1v) is 7.67. The van der Waals surface area contributed by atoms with Crippen molar-refractivity contribution < 1.29 is 4.79 Å². The zero-order valence-corrected chi connectivity index (χ0v) is 13.0. The average molecular weight is 332 g/mol. The summed E-state index contributed by atoms with van der Waals surface area (Å²) in [6.45, 7) is 4.72. The summed E-state index contributed by atoms with van der Waals surface area (Å²) in [6.07, 6.45) is 0. The number of thiophene rings is 1. The monoisotopic (exact) mass is 331 g/mol. The summed E-state index contributed by atoms with van der Waals surface area (Å²) in [5, 5.41) is 6.03. The Morgan fingerprint density at radius 3 is 3.06 bits per heavy atom. The minimum atomic E-state index is -0.0837. The Kier molecular flexibility index (Phi) is 4.77. The van der Waals surface area contributed by atoms with E-state index in [1.54, 1.807) is 18.4 Å². The molecule has 2 N–H and O–H groups in total. The first-order valence-electron chi connectivity index (χ1n) is 6.06. The van der Waals surface area contributed by atoms with Crippen LogP contribution in [-0.4, -0.2) is 43.5 Å². The van der Waals surface area contributed by atoms with Crippen LogP contribution in [0.3, 0.4) is 0 Å². The Balaban J connectivity index is 2.15. The van der Waals surface area contributed by atoms with Crippen molar-refractivity contribution in [2.75, 3.05) is 26.7 Å². The van der Waals surface area contributed by atoms with Gasteiger partial charge in [0, 0.05) is 37.6 Å². The van der Waals surface area contributed by atoms with Crippen molar-refractivity contribution in [2.45, 2.75) is 19.0 Å². The predicted octanol–water partition coefficient (Wildman–Crippen LogP) is 1.59.